The molecular formula is C14H23NO2. The normalized spacial score (nSPS) is 14.5. The van der Waals surface area contributed by atoms with Gasteiger partial charge in [-0.3, -0.25) is 0 Å². The minimum atomic E-state index is -0.0566. The van der Waals surface area contributed by atoms with Gasteiger partial charge in [0, 0.05) is 18.2 Å². The van der Waals surface area contributed by atoms with E-state index in [1.54, 1.807) is 6.07 Å². The molecule has 2 atom stereocenters. The molecule has 2 unspecified atom stereocenters. The lowest BCUT2D eigenvalue weighted by Crippen LogP contribution is -2.27. The summed E-state index contributed by atoms with van der Waals surface area (Å²) in [4.78, 5) is 0. The maximum absolute atomic E-state index is 9.65. The van der Waals surface area contributed by atoms with Crippen LogP contribution in [0.3, 0.4) is 0 Å². The van der Waals surface area contributed by atoms with Crippen LogP contribution in [0.2, 0.25) is 0 Å². The Kier molecular flexibility index (Phi) is 5.29. The molecule has 1 aromatic carbocycles. The van der Waals surface area contributed by atoms with Gasteiger partial charge in [0.1, 0.15) is 0 Å². The summed E-state index contributed by atoms with van der Waals surface area (Å²) in [6.07, 6.45) is 2.31. The standard InChI is InChI=1S/C14H23NO2/c1-4-10(2)8-11(3)15-9-12-6-5-7-13(16)14(12)17/h5-7,10-11,15-17H,4,8-9H2,1-3H3. The average molecular weight is 237 g/mol. The minimum absolute atomic E-state index is 0.0178. The fourth-order valence-corrected chi connectivity index (χ4v) is 1.86. The van der Waals surface area contributed by atoms with Gasteiger partial charge < -0.3 is 15.5 Å². The summed E-state index contributed by atoms with van der Waals surface area (Å²) in [6.45, 7) is 7.16. The van der Waals surface area contributed by atoms with E-state index in [2.05, 4.69) is 26.1 Å². The van der Waals surface area contributed by atoms with Gasteiger partial charge in [0.2, 0.25) is 0 Å². The zero-order chi connectivity index (χ0) is 12.8. The van der Waals surface area contributed by atoms with Crippen molar-refractivity contribution in [3.8, 4) is 11.5 Å². The molecule has 0 aliphatic carbocycles. The maximum atomic E-state index is 9.65. The first-order valence-electron chi connectivity index (χ1n) is 6.27. The third-order valence-corrected chi connectivity index (χ3v) is 3.19. The van der Waals surface area contributed by atoms with Gasteiger partial charge in [0.15, 0.2) is 11.5 Å². The van der Waals surface area contributed by atoms with Crippen molar-refractivity contribution in [1.29, 1.82) is 0 Å². The molecule has 0 heterocycles. The zero-order valence-electron chi connectivity index (χ0n) is 10.9. The van der Waals surface area contributed by atoms with Crippen LogP contribution in [0, 0.1) is 5.92 Å². The van der Waals surface area contributed by atoms with E-state index in [0.29, 0.717) is 18.5 Å². The second-order valence-electron chi connectivity index (χ2n) is 4.82. The molecule has 0 amide bonds. The Morgan fingerprint density at radius 2 is 1.94 bits per heavy atom. The fraction of sp³-hybridized carbons (Fsp3) is 0.571. The smallest absolute Gasteiger partial charge is 0.161 e. The minimum Gasteiger partial charge on any atom is -0.504 e. The summed E-state index contributed by atoms with van der Waals surface area (Å²) in [7, 11) is 0. The Bertz CT molecular complexity index is 352. The number of rotatable bonds is 6. The Morgan fingerprint density at radius 1 is 1.24 bits per heavy atom. The van der Waals surface area contributed by atoms with E-state index in [1.165, 1.54) is 12.5 Å². The van der Waals surface area contributed by atoms with E-state index >= 15 is 0 Å². The van der Waals surface area contributed by atoms with Crippen molar-refractivity contribution in [3.63, 3.8) is 0 Å². The van der Waals surface area contributed by atoms with Crippen molar-refractivity contribution in [2.45, 2.75) is 46.2 Å². The van der Waals surface area contributed by atoms with Gasteiger partial charge in [-0.25, -0.2) is 0 Å². The first-order valence-corrected chi connectivity index (χ1v) is 6.27. The van der Waals surface area contributed by atoms with Crippen molar-refractivity contribution >= 4 is 0 Å². The molecule has 0 spiro atoms. The van der Waals surface area contributed by atoms with Gasteiger partial charge in [-0.1, -0.05) is 32.4 Å². The monoisotopic (exact) mass is 237 g/mol. The highest BCUT2D eigenvalue weighted by molar-refractivity contribution is 5.44. The summed E-state index contributed by atoms with van der Waals surface area (Å²) < 4.78 is 0. The molecule has 0 aliphatic heterocycles. The number of para-hydroxylation sites is 1. The van der Waals surface area contributed by atoms with Crippen LogP contribution in [0.1, 0.15) is 39.2 Å². The van der Waals surface area contributed by atoms with Crippen LogP contribution in [0.25, 0.3) is 0 Å². The van der Waals surface area contributed by atoms with Crippen LogP contribution in [-0.4, -0.2) is 16.3 Å². The molecule has 0 saturated heterocycles. The SMILES string of the molecule is CCC(C)CC(C)NCc1cccc(O)c1O. The van der Waals surface area contributed by atoms with Gasteiger partial charge in [0.25, 0.3) is 0 Å². The van der Waals surface area contributed by atoms with Crippen molar-refractivity contribution in [3.05, 3.63) is 23.8 Å². The Hall–Kier alpha value is -1.22. The number of benzene rings is 1. The Labute approximate surface area is 103 Å². The Morgan fingerprint density at radius 3 is 2.59 bits per heavy atom. The summed E-state index contributed by atoms with van der Waals surface area (Å²) in [5.74, 6) is 0.630. The van der Waals surface area contributed by atoms with E-state index in [0.717, 1.165) is 12.0 Å². The molecule has 3 N–H and O–H groups in total. The highest BCUT2D eigenvalue weighted by Crippen LogP contribution is 2.28. The van der Waals surface area contributed by atoms with Crippen molar-refractivity contribution < 1.29 is 10.2 Å². The first kappa shape index (κ1) is 13.8. The number of nitrogens with one attached hydrogen (secondary N) is 1. The molecule has 0 bridgehead atoms. The molecule has 0 radical (unpaired) electrons. The second-order valence-corrected chi connectivity index (χ2v) is 4.82. The molecular weight excluding hydrogens is 214 g/mol. The van der Waals surface area contributed by atoms with E-state index in [9.17, 15) is 10.2 Å². The van der Waals surface area contributed by atoms with Crippen LogP contribution in [0.5, 0.6) is 11.5 Å². The van der Waals surface area contributed by atoms with E-state index in [1.807, 2.05) is 6.07 Å². The molecule has 3 heteroatoms. The van der Waals surface area contributed by atoms with Crippen molar-refractivity contribution in [2.75, 3.05) is 0 Å². The van der Waals surface area contributed by atoms with Crippen LogP contribution in [0.15, 0.2) is 18.2 Å². The maximum Gasteiger partial charge on any atom is 0.161 e. The molecule has 1 rings (SSSR count). The summed E-state index contributed by atoms with van der Waals surface area (Å²) in [6, 6.07) is 5.46. The predicted octanol–water partition coefficient (Wildman–Crippen LogP) is 3.01. The van der Waals surface area contributed by atoms with E-state index in [4.69, 9.17) is 0 Å². The molecule has 0 aromatic heterocycles. The van der Waals surface area contributed by atoms with Gasteiger partial charge in [0.05, 0.1) is 0 Å². The van der Waals surface area contributed by atoms with Crippen LogP contribution in [-0.2, 0) is 6.54 Å². The molecule has 1 aromatic rings. The van der Waals surface area contributed by atoms with Crippen molar-refractivity contribution in [2.24, 2.45) is 5.92 Å². The summed E-state index contributed by atoms with van der Waals surface area (Å²) in [5.41, 5.74) is 0.737. The molecule has 0 saturated carbocycles. The molecule has 0 aliphatic rings. The fourth-order valence-electron chi connectivity index (χ4n) is 1.86. The number of phenols is 2. The number of hydrogen-bond acceptors (Lipinski definition) is 3. The third kappa shape index (κ3) is 4.27. The Balaban J connectivity index is 2.47. The largest absolute Gasteiger partial charge is 0.504 e. The number of hydrogen-bond donors (Lipinski definition) is 3. The van der Waals surface area contributed by atoms with Crippen LogP contribution < -0.4 is 5.32 Å². The summed E-state index contributed by atoms with van der Waals surface area (Å²) in [5, 5.41) is 22.4. The quantitative estimate of drug-likeness (QED) is 0.667. The lowest BCUT2D eigenvalue weighted by atomic mass is 10.0. The molecule has 0 fully saturated rings. The molecule has 3 nitrogen and oxygen atoms in total. The number of phenolic OH excluding ortho intramolecular Hbond substituents is 2. The zero-order valence-corrected chi connectivity index (χ0v) is 10.9. The lowest BCUT2D eigenvalue weighted by molar-refractivity contribution is 0.387. The van der Waals surface area contributed by atoms with Gasteiger partial charge in [-0.05, 0) is 25.3 Å². The third-order valence-electron chi connectivity index (χ3n) is 3.19. The predicted molar refractivity (Wildman–Crippen MR) is 70.1 cm³/mol. The first-order chi connectivity index (χ1) is 8.04. The van der Waals surface area contributed by atoms with Crippen LogP contribution in [0.4, 0.5) is 0 Å². The highest BCUT2D eigenvalue weighted by atomic mass is 16.3. The van der Waals surface area contributed by atoms with Crippen molar-refractivity contribution in [1.82, 2.24) is 5.32 Å². The highest BCUT2D eigenvalue weighted by Gasteiger charge is 2.09. The topological polar surface area (TPSA) is 52.5 Å². The second kappa shape index (κ2) is 6.50. The van der Waals surface area contributed by atoms with Gasteiger partial charge >= 0.3 is 0 Å². The van der Waals surface area contributed by atoms with Gasteiger partial charge in [-0.15, -0.1) is 0 Å². The van der Waals surface area contributed by atoms with E-state index < -0.39 is 0 Å². The molecule has 96 valence electrons. The van der Waals surface area contributed by atoms with Gasteiger partial charge in [-0.2, -0.15) is 0 Å². The average Bonchev–Trinajstić information content (AvgIpc) is 2.31. The number of aromatic hydroxyl groups is 2. The summed E-state index contributed by atoms with van der Waals surface area (Å²) >= 11 is 0. The van der Waals surface area contributed by atoms with Crippen LogP contribution >= 0.6 is 0 Å². The van der Waals surface area contributed by atoms with E-state index in [-0.39, 0.29) is 11.5 Å². The molecule has 17 heavy (non-hydrogen) atoms. The lowest BCUT2D eigenvalue weighted by Gasteiger charge is -2.18.